The molecule has 170 valence electrons. The molecule has 30 heavy (non-hydrogen) atoms. The Bertz CT molecular complexity index is 632. The molecule has 0 bridgehead atoms. The fourth-order valence-corrected chi connectivity index (χ4v) is 3.13. The first-order valence-electron chi connectivity index (χ1n) is 10.5. The van der Waals surface area contributed by atoms with Gasteiger partial charge in [0.15, 0.2) is 0 Å². The maximum absolute atomic E-state index is 10.3. The summed E-state index contributed by atoms with van der Waals surface area (Å²) < 4.78 is 49.6. The number of rotatable bonds is 19. The van der Waals surface area contributed by atoms with Crippen molar-refractivity contribution in [2.75, 3.05) is 39.6 Å². The molecule has 0 spiro atoms. The summed E-state index contributed by atoms with van der Waals surface area (Å²) >= 11 is 0. The zero-order valence-corrected chi connectivity index (χ0v) is 21.3. The Hall–Kier alpha value is -0.190. The summed E-state index contributed by atoms with van der Waals surface area (Å²) in [7, 11) is -4.40. The van der Waals surface area contributed by atoms with Crippen molar-refractivity contribution in [1.29, 1.82) is 0 Å². The molecular weight excluding hydrogens is 419 g/mol. The first-order chi connectivity index (χ1) is 14.0. The minimum atomic E-state index is -4.40. The average molecular weight is 457 g/mol. The van der Waals surface area contributed by atoms with Gasteiger partial charge in [0.1, 0.15) is 12.4 Å². The molecule has 0 amide bonds. The largest absolute Gasteiger partial charge is 1.00 e. The van der Waals surface area contributed by atoms with Crippen molar-refractivity contribution in [3.8, 4) is 5.75 Å². The van der Waals surface area contributed by atoms with Gasteiger partial charge in [0, 0.05) is 0 Å². The van der Waals surface area contributed by atoms with Gasteiger partial charge in [-0.25, -0.2) is 4.18 Å². The van der Waals surface area contributed by atoms with E-state index in [1.165, 1.54) is 50.5 Å². The quantitative estimate of drug-likeness (QED) is 0.191. The summed E-state index contributed by atoms with van der Waals surface area (Å²) in [6.45, 7) is 3.65. The Balaban J connectivity index is 0. The van der Waals surface area contributed by atoms with Crippen molar-refractivity contribution in [3.63, 3.8) is 0 Å². The van der Waals surface area contributed by atoms with Crippen molar-refractivity contribution in [2.45, 2.75) is 58.3 Å². The Morgan fingerprint density at radius 1 is 0.833 bits per heavy atom. The second-order valence-electron chi connectivity index (χ2n) is 6.80. The number of aryl methyl sites for hydroxylation is 1. The van der Waals surface area contributed by atoms with Crippen LogP contribution in [0.5, 0.6) is 5.75 Å². The molecule has 0 heterocycles. The van der Waals surface area contributed by atoms with Gasteiger partial charge in [-0.15, -0.1) is 0 Å². The Morgan fingerprint density at radius 3 is 2.07 bits per heavy atom. The fourth-order valence-electron chi connectivity index (χ4n) is 2.85. The smallest absolute Gasteiger partial charge is 1.00 e. The second kappa shape index (κ2) is 19.5. The van der Waals surface area contributed by atoms with Crippen molar-refractivity contribution in [3.05, 3.63) is 29.8 Å². The van der Waals surface area contributed by atoms with Gasteiger partial charge in [0.05, 0.1) is 33.0 Å². The molecule has 1 rings (SSSR count). The average Bonchev–Trinajstić information content (AvgIpc) is 2.69. The maximum atomic E-state index is 10.3. The molecule has 1 aromatic carbocycles. The van der Waals surface area contributed by atoms with E-state index in [-0.39, 0.29) is 44.2 Å². The SMILES string of the molecule is CCCCCCCCCc1ccccc1OCCOCCOCCOS(=O)(=O)O.[H-].[Na+]. The van der Waals surface area contributed by atoms with Gasteiger partial charge >= 0.3 is 40.0 Å². The molecule has 0 saturated carbocycles. The van der Waals surface area contributed by atoms with Crippen LogP contribution in [-0.2, 0) is 30.5 Å². The normalized spacial score (nSPS) is 11.3. The van der Waals surface area contributed by atoms with Crippen LogP contribution in [-0.4, -0.2) is 52.6 Å². The van der Waals surface area contributed by atoms with E-state index in [1.54, 1.807) is 0 Å². The van der Waals surface area contributed by atoms with Crippen molar-refractivity contribution < 1.29 is 62.3 Å². The molecule has 0 atom stereocenters. The molecule has 0 aliphatic carbocycles. The minimum absolute atomic E-state index is 0. The van der Waals surface area contributed by atoms with Crippen LogP contribution in [0.4, 0.5) is 0 Å². The Labute approximate surface area is 205 Å². The predicted molar refractivity (Wildman–Crippen MR) is 114 cm³/mol. The van der Waals surface area contributed by atoms with Crippen molar-refractivity contribution in [2.24, 2.45) is 0 Å². The summed E-state index contributed by atoms with van der Waals surface area (Å²) in [5, 5.41) is 0. The van der Waals surface area contributed by atoms with Gasteiger partial charge < -0.3 is 15.6 Å². The number of hydrogen-bond donors (Lipinski definition) is 1. The van der Waals surface area contributed by atoms with E-state index in [9.17, 15) is 8.42 Å². The van der Waals surface area contributed by atoms with Crippen LogP contribution >= 0.6 is 0 Å². The van der Waals surface area contributed by atoms with Gasteiger partial charge in [0.2, 0.25) is 0 Å². The van der Waals surface area contributed by atoms with E-state index in [0.29, 0.717) is 26.4 Å². The van der Waals surface area contributed by atoms with Crippen LogP contribution in [0.3, 0.4) is 0 Å². The molecule has 1 aromatic rings. The standard InChI is InChI=1S/C21H36O7S.Na.H/c1-2-3-4-5-6-7-8-11-20-12-9-10-13-21(20)27-18-16-25-14-15-26-17-19-28-29(22,23)24;;/h9-10,12-13H,2-8,11,14-19H2,1H3,(H,22,23,24);;/q;+1;-1. The van der Waals surface area contributed by atoms with Crippen LogP contribution < -0.4 is 34.3 Å². The van der Waals surface area contributed by atoms with Crippen molar-refractivity contribution >= 4 is 10.4 Å². The maximum Gasteiger partial charge on any atom is 1.00 e. The van der Waals surface area contributed by atoms with Crippen LogP contribution in [0.1, 0.15) is 58.9 Å². The first-order valence-corrected chi connectivity index (χ1v) is 11.9. The summed E-state index contributed by atoms with van der Waals surface area (Å²) in [6, 6.07) is 8.14. The molecule has 1 N–H and O–H groups in total. The van der Waals surface area contributed by atoms with Crippen molar-refractivity contribution in [1.82, 2.24) is 0 Å². The summed E-state index contributed by atoms with van der Waals surface area (Å²) in [6.07, 6.45) is 10.1. The fraction of sp³-hybridized carbons (Fsp3) is 0.714. The van der Waals surface area contributed by atoms with Gasteiger partial charge in [-0.1, -0.05) is 63.6 Å². The van der Waals surface area contributed by atoms with Gasteiger partial charge in [-0.2, -0.15) is 8.42 Å². The van der Waals surface area contributed by atoms with E-state index in [4.69, 9.17) is 18.8 Å². The summed E-state index contributed by atoms with van der Waals surface area (Å²) in [4.78, 5) is 0. The van der Waals surface area contributed by atoms with Crippen LogP contribution in [0.25, 0.3) is 0 Å². The second-order valence-corrected chi connectivity index (χ2v) is 7.89. The predicted octanol–water partition coefficient (Wildman–Crippen LogP) is 1.33. The topological polar surface area (TPSA) is 91.3 Å². The number of benzene rings is 1. The summed E-state index contributed by atoms with van der Waals surface area (Å²) in [5.41, 5.74) is 1.24. The number of ether oxygens (including phenoxy) is 3. The number of hydrogen-bond acceptors (Lipinski definition) is 6. The van der Waals surface area contributed by atoms with Gasteiger partial charge in [-0.3, -0.25) is 4.55 Å². The molecule has 0 aromatic heterocycles. The van der Waals surface area contributed by atoms with E-state index in [0.717, 1.165) is 12.2 Å². The minimum Gasteiger partial charge on any atom is -1.00 e. The van der Waals surface area contributed by atoms with Crippen LogP contribution in [0.15, 0.2) is 24.3 Å². The monoisotopic (exact) mass is 456 g/mol. The molecule has 0 saturated heterocycles. The van der Waals surface area contributed by atoms with Gasteiger partial charge in [-0.05, 0) is 24.5 Å². The third kappa shape index (κ3) is 17.5. The summed E-state index contributed by atoms with van der Waals surface area (Å²) in [5.74, 6) is 0.917. The Kier molecular flexibility index (Phi) is 19.4. The molecule has 9 heteroatoms. The molecule has 0 radical (unpaired) electrons. The van der Waals surface area contributed by atoms with Crippen LogP contribution in [0, 0.1) is 0 Å². The molecular formula is C21H37NaO7S. The first kappa shape index (κ1) is 29.8. The number of para-hydroxylation sites is 1. The van der Waals surface area contributed by atoms with Gasteiger partial charge in [0.25, 0.3) is 0 Å². The van der Waals surface area contributed by atoms with Crippen LogP contribution in [0.2, 0.25) is 0 Å². The Morgan fingerprint density at radius 2 is 1.40 bits per heavy atom. The zero-order chi connectivity index (χ0) is 21.2. The number of unbranched alkanes of at least 4 members (excludes halogenated alkanes) is 6. The molecule has 0 aliphatic heterocycles. The van der Waals surface area contributed by atoms with E-state index in [2.05, 4.69) is 17.2 Å². The molecule has 7 nitrogen and oxygen atoms in total. The van der Waals surface area contributed by atoms with E-state index >= 15 is 0 Å². The van der Waals surface area contributed by atoms with E-state index < -0.39 is 10.4 Å². The third-order valence-electron chi connectivity index (χ3n) is 4.34. The zero-order valence-electron chi connectivity index (χ0n) is 19.5. The third-order valence-corrected chi connectivity index (χ3v) is 4.80. The molecule has 0 aliphatic rings. The molecule has 0 fully saturated rings. The van der Waals surface area contributed by atoms with E-state index in [1.807, 2.05) is 18.2 Å². The molecule has 0 unspecified atom stereocenters.